The molecule has 0 bridgehead atoms. The molecule has 0 saturated heterocycles. The highest BCUT2D eigenvalue weighted by molar-refractivity contribution is 6.59. The first-order chi connectivity index (χ1) is 43.9. The second kappa shape index (κ2) is 26.9. The van der Waals surface area contributed by atoms with Crippen LogP contribution in [0, 0.1) is 45.1 Å². The monoisotopic (exact) mass is 1290 g/mol. The van der Waals surface area contributed by atoms with Crippen LogP contribution in [-0.2, 0) is 19.6 Å². The molecule has 0 saturated carbocycles. The van der Waals surface area contributed by atoms with Crippen LogP contribution < -0.4 is 16.9 Å². The zero-order valence-electron chi connectivity index (χ0n) is 47.9. The van der Waals surface area contributed by atoms with E-state index < -0.39 is 7.12 Å². The fourth-order valence-corrected chi connectivity index (χ4v) is 9.61. The molecule has 0 unspecified atom stereocenters. The van der Waals surface area contributed by atoms with Crippen molar-refractivity contribution in [2.75, 3.05) is 11.5 Å². The largest absolute Gasteiger partial charge is 0.494 e. The molecule has 11 heterocycles. The number of aromatic nitrogens is 20. The van der Waals surface area contributed by atoms with E-state index in [2.05, 4.69) is 90.6 Å². The number of nitrogens with zero attached hydrogens (tertiary/aromatic N) is 20. The van der Waals surface area contributed by atoms with E-state index in [4.69, 9.17) is 60.8 Å². The van der Waals surface area contributed by atoms with E-state index in [0.717, 1.165) is 0 Å². The van der Waals surface area contributed by atoms with Crippen molar-refractivity contribution in [3.8, 4) is 45.8 Å². The van der Waals surface area contributed by atoms with Crippen LogP contribution in [0.4, 0.5) is 24.8 Å². The Hall–Kier alpha value is -10.8. The van der Waals surface area contributed by atoms with E-state index in [0.29, 0.717) is 107 Å². The van der Waals surface area contributed by atoms with Gasteiger partial charge in [-0.15, -0.1) is 30.6 Å². The molecule has 0 aliphatic carbocycles. The Morgan fingerprint density at radius 1 is 0.451 bits per heavy atom. The molecule has 0 radical (unpaired) electrons. The SMILES string of the molecule is Cc1noc(C)c1-c1nnc(-c2nn(Cc3ccccc3F)c3ncccc23)nc1N.Cc1noc(C)c1B(O)O.Fc1ccccc1Cn1nc(-c2nnc(Cl)c(Cl)n2)c2cccnc21.Nc1nc(-c2nn(Cc3ccccc3F)c3ncccc23)nnc1Cl. The van der Waals surface area contributed by atoms with Crippen LogP contribution in [0.5, 0.6) is 0 Å². The van der Waals surface area contributed by atoms with Gasteiger partial charge in [0.25, 0.3) is 0 Å². The number of pyridine rings is 3. The zero-order valence-corrected chi connectivity index (χ0v) is 50.2. The first-order valence-corrected chi connectivity index (χ1v) is 28.1. The molecule has 91 heavy (non-hydrogen) atoms. The number of benzene rings is 3. The maximum atomic E-state index is 14.2. The van der Waals surface area contributed by atoms with Crippen LogP contribution in [0.15, 0.2) is 137 Å². The predicted octanol–water partition coefficient (Wildman–Crippen LogP) is 8.78. The fraction of sp³-hybridized carbons (Fsp3) is 0.121. The minimum Gasteiger partial charge on any atom is -0.423 e. The quantitative estimate of drug-likeness (QED) is 0.0878. The maximum Gasteiger partial charge on any atom is 0.494 e. The van der Waals surface area contributed by atoms with Gasteiger partial charge in [-0.1, -0.05) is 99.7 Å². The maximum absolute atomic E-state index is 14.2. The second-order valence-electron chi connectivity index (χ2n) is 19.6. The molecular formula is C58H45BCl3F3N22O4. The Bertz CT molecular complexity index is 4760. The van der Waals surface area contributed by atoms with Gasteiger partial charge in [0, 0.05) is 40.7 Å². The molecule has 0 aliphatic rings. The Morgan fingerprint density at radius 3 is 1.21 bits per heavy atom. The standard InChI is InChI=1S/C21H17FN8O.C16H9Cl2FN6.C16H11ClFN7.C5H8BNO3/c1-11-16(12(2)31-29-11)18-19(23)25-20(27-26-18)17-14-7-5-9-24-21(14)30(28-17)10-13-6-3-4-8-15(13)22;17-13-14(18)22-23-15(21-13)12-10-5-3-7-20-16(10)25(24-12)8-9-4-1-2-6-11(9)19;17-13-14(19)21-15(23-22-13)12-10-5-3-7-20-16(10)25(24-12)8-9-4-1-2-6-11(9)18;1-3-5(6(8)9)4(2)10-7-3/h3-9H,10H2,1-2H3,(H2,23,25,27);1-7H,8H2;1-7H,8H2,(H2,19,21,23);8-9H,1-2H3. The summed E-state index contributed by atoms with van der Waals surface area (Å²) in [5, 5.41) is 64.6. The van der Waals surface area contributed by atoms with Crippen LogP contribution in [0.1, 0.15) is 39.6 Å². The van der Waals surface area contributed by atoms with Crippen LogP contribution in [0.2, 0.25) is 15.5 Å². The summed E-state index contributed by atoms with van der Waals surface area (Å²) in [6, 6.07) is 30.4. The zero-order chi connectivity index (χ0) is 64.0. The van der Waals surface area contributed by atoms with Crippen LogP contribution in [0.3, 0.4) is 0 Å². The number of nitrogen functional groups attached to an aromatic ring is 2. The Kier molecular flexibility index (Phi) is 18.3. The Labute approximate surface area is 526 Å². The summed E-state index contributed by atoms with van der Waals surface area (Å²) in [6.07, 6.45) is 4.93. The van der Waals surface area contributed by atoms with Crippen molar-refractivity contribution in [1.82, 2.24) is 100 Å². The van der Waals surface area contributed by atoms with Crippen molar-refractivity contribution in [3.63, 3.8) is 0 Å². The minimum atomic E-state index is -1.48. The van der Waals surface area contributed by atoms with Gasteiger partial charge in [-0.05, 0) is 82.3 Å². The van der Waals surface area contributed by atoms with Gasteiger partial charge >= 0.3 is 7.12 Å². The lowest BCUT2D eigenvalue weighted by Crippen LogP contribution is -2.32. The molecule has 0 amide bonds. The molecule has 11 aromatic heterocycles. The summed E-state index contributed by atoms with van der Waals surface area (Å²) in [6.45, 7) is 7.50. The lowest BCUT2D eigenvalue weighted by Gasteiger charge is -2.04. The number of aryl methyl sites for hydroxylation is 4. The third kappa shape index (κ3) is 13.3. The minimum absolute atomic E-state index is 0.0126. The van der Waals surface area contributed by atoms with E-state index >= 15 is 0 Å². The fourth-order valence-electron chi connectivity index (χ4n) is 9.33. The first-order valence-electron chi connectivity index (χ1n) is 27.0. The molecule has 26 nitrogen and oxygen atoms in total. The number of nitrogens with two attached hydrogens (primary N) is 2. The summed E-state index contributed by atoms with van der Waals surface area (Å²) in [4.78, 5) is 25.7. The predicted molar refractivity (Wildman–Crippen MR) is 330 cm³/mol. The number of halogens is 6. The van der Waals surface area contributed by atoms with Gasteiger partial charge in [0.15, 0.2) is 44.0 Å². The topological polar surface area (TPSA) is 353 Å². The molecule has 3 aromatic carbocycles. The first kappa shape index (κ1) is 61.8. The third-order valence-electron chi connectivity index (χ3n) is 13.6. The Morgan fingerprint density at radius 2 is 0.846 bits per heavy atom. The second-order valence-corrected chi connectivity index (χ2v) is 20.7. The van der Waals surface area contributed by atoms with Gasteiger partial charge in [0.05, 0.1) is 52.7 Å². The summed E-state index contributed by atoms with van der Waals surface area (Å²) < 4.78 is 56.8. The van der Waals surface area contributed by atoms with E-state index in [1.165, 1.54) is 18.2 Å². The average molecular weight is 1290 g/mol. The highest BCUT2D eigenvalue weighted by Crippen LogP contribution is 2.33. The Balaban J connectivity index is 0.000000131. The van der Waals surface area contributed by atoms with Gasteiger partial charge in [-0.25, -0.2) is 57.1 Å². The van der Waals surface area contributed by atoms with Gasteiger partial charge in [-0.2, -0.15) is 15.3 Å². The smallest absolute Gasteiger partial charge is 0.423 e. The van der Waals surface area contributed by atoms with Crippen molar-refractivity contribution in [2.24, 2.45) is 0 Å². The molecule has 14 rings (SSSR count). The molecule has 456 valence electrons. The molecule has 0 spiro atoms. The van der Waals surface area contributed by atoms with Crippen molar-refractivity contribution in [2.45, 2.75) is 47.3 Å². The van der Waals surface area contributed by atoms with Gasteiger partial charge in [0.2, 0.25) is 17.5 Å². The number of hydrogen-bond acceptors (Lipinski definition) is 23. The third-order valence-corrected chi connectivity index (χ3v) is 14.5. The average Bonchev–Trinajstić information content (AvgIpc) is 2.69. The summed E-state index contributed by atoms with van der Waals surface area (Å²) in [5.74, 6) is 1.05. The molecule has 33 heteroatoms. The highest BCUT2D eigenvalue weighted by Gasteiger charge is 2.25. The molecule has 0 aliphatic heterocycles. The summed E-state index contributed by atoms with van der Waals surface area (Å²) in [7, 11) is -1.48. The van der Waals surface area contributed by atoms with Crippen molar-refractivity contribution >= 4 is 92.1 Å². The van der Waals surface area contributed by atoms with Gasteiger partial charge in [-0.3, -0.25) is 0 Å². The molecule has 14 aromatic rings. The molecule has 0 atom stereocenters. The summed E-state index contributed by atoms with van der Waals surface area (Å²) in [5.41, 5.74) is 19.1. The van der Waals surface area contributed by atoms with E-state index in [1.807, 2.05) is 18.2 Å². The lowest BCUT2D eigenvalue weighted by molar-refractivity contribution is 0.392. The van der Waals surface area contributed by atoms with Crippen LogP contribution in [0.25, 0.3) is 78.9 Å². The number of rotatable bonds is 11. The highest BCUT2D eigenvalue weighted by atomic mass is 35.5. The van der Waals surface area contributed by atoms with E-state index in [-0.39, 0.29) is 81.7 Å². The van der Waals surface area contributed by atoms with Crippen molar-refractivity contribution < 1.29 is 32.3 Å². The summed E-state index contributed by atoms with van der Waals surface area (Å²) >= 11 is 17.5. The van der Waals surface area contributed by atoms with Crippen molar-refractivity contribution in [1.29, 1.82) is 0 Å². The molecule has 0 fully saturated rings. The van der Waals surface area contributed by atoms with Gasteiger partial charge in [0.1, 0.15) is 51.7 Å². The van der Waals surface area contributed by atoms with E-state index in [1.54, 1.807) is 133 Å². The van der Waals surface area contributed by atoms with Crippen LogP contribution >= 0.6 is 34.8 Å². The lowest BCUT2D eigenvalue weighted by atomic mass is 9.79. The molecule has 6 N–H and O–H groups in total. The van der Waals surface area contributed by atoms with Crippen LogP contribution in [-0.4, -0.2) is 117 Å². The number of fused-ring (bicyclic) bond motifs is 3. The number of hydrogen-bond donors (Lipinski definition) is 4. The van der Waals surface area contributed by atoms with Gasteiger partial charge < -0.3 is 30.6 Å². The normalized spacial score (nSPS) is 11.1. The van der Waals surface area contributed by atoms with E-state index in [9.17, 15) is 13.2 Å². The number of anilines is 2. The molecular weight excluding hydrogens is 1240 g/mol. The van der Waals surface area contributed by atoms with Crippen molar-refractivity contribution in [3.05, 3.63) is 200 Å².